The van der Waals surface area contributed by atoms with Crippen LogP contribution in [0.3, 0.4) is 0 Å². The van der Waals surface area contributed by atoms with Crippen LogP contribution in [0.2, 0.25) is 0 Å². The highest BCUT2D eigenvalue weighted by Gasteiger charge is 2.36. The number of hydrogen-bond acceptors (Lipinski definition) is 5. The Bertz CT molecular complexity index is 211. The molecule has 0 aliphatic carbocycles. The third-order valence-electron chi connectivity index (χ3n) is 1.79. The van der Waals surface area contributed by atoms with E-state index in [2.05, 4.69) is 9.05 Å². The zero-order valence-corrected chi connectivity index (χ0v) is 8.82. The molecule has 0 heterocycles. The van der Waals surface area contributed by atoms with Crippen molar-refractivity contribution in [2.75, 3.05) is 20.8 Å². The van der Waals surface area contributed by atoms with Gasteiger partial charge in [-0.2, -0.15) is 0 Å². The predicted octanol–water partition coefficient (Wildman–Crippen LogP) is 1.53. The minimum absolute atomic E-state index is 0.389. The van der Waals surface area contributed by atoms with Crippen molar-refractivity contribution in [2.45, 2.75) is 19.0 Å². The maximum absolute atomic E-state index is 11.7. The molecule has 0 aromatic rings. The molecule has 6 nitrogen and oxygen atoms in total. The molecule has 78 valence electrons. The van der Waals surface area contributed by atoms with Gasteiger partial charge in [-0.15, -0.1) is 0 Å². The highest BCUT2D eigenvalue weighted by molar-refractivity contribution is 7.54. The van der Waals surface area contributed by atoms with Gasteiger partial charge in [0, 0.05) is 19.1 Å². The van der Waals surface area contributed by atoms with Crippen molar-refractivity contribution in [1.82, 2.24) is 0 Å². The predicted molar refractivity (Wildman–Crippen MR) is 47.6 cm³/mol. The first-order valence-electron chi connectivity index (χ1n) is 3.83. The second-order valence-electron chi connectivity index (χ2n) is 2.48. The summed E-state index contributed by atoms with van der Waals surface area (Å²) in [5.74, 6) is 0. The van der Waals surface area contributed by atoms with E-state index in [4.69, 9.17) is 0 Å². The average Bonchev–Trinajstić information content (AvgIpc) is 2.12. The summed E-state index contributed by atoms with van der Waals surface area (Å²) in [5.41, 5.74) is -0.669. The highest BCUT2D eigenvalue weighted by Crippen LogP contribution is 2.52. The molecule has 1 atom stereocenters. The van der Waals surface area contributed by atoms with E-state index in [0.717, 1.165) is 0 Å². The molecule has 1 unspecified atom stereocenters. The Morgan fingerprint density at radius 2 is 1.92 bits per heavy atom. The zero-order chi connectivity index (χ0) is 10.5. The molecule has 7 heteroatoms. The summed E-state index contributed by atoms with van der Waals surface area (Å²) in [7, 11) is -0.829. The van der Waals surface area contributed by atoms with Crippen molar-refractivity contribution in [3.63, 3.8) is 0 Å². The molecule has 0 saturated heterocycles. The molecule has 0 amide bonds. The van der Waals surface area contributed by atoms with Gasteiger partial charge in [0.15, 0.2) is 0 Å². The van der Waals surface area contributed by atoms with E-state index in [9.17, 15) is 14.7 Å². The van der Waals surface area contributed by atoms with Crippen LogP contribution in [0.15, 0.2) is 0 Å². The summed E-state index contributed by atoms with van der Waals surface area (Å²) in [5, 5.41) is 10.2. The van der Waals surface area contributed by atoms with Crippen LogP contribution in [0, 0.1) is 10.1 Å². The first kappa shape index (κ1) is 12.6. The van der Waals surface area contributed by atoms with Crippen LogP contribution in [0.4, 0.5) is 0 Å². The smallest absolute Gasteiger partial charge is 0.312 e. The standard InChI is InChI=1S/C6H14NO5P/c1-4-6(5-7(8)9)13(10,11-2)12-3/h6H,4-5H2,1-3H3. The van der Waals surface area contributed by atoms with Gasteiger partial charge in [0.2, 0.25) is 6.54 Å². The minimum atomic E-state index is -3.29. The van der Waals surface area contributed by atoms with E-state index in [0.29, 0.717) is 6.42 Å². The van der Waals surface area contributed by atoms with Gasteiger partial charge in [0.25, 0.3) is 0 Å². The Morgan fingerprint density at radius 3 is 2.15 bits per heavy atom. The van der Waals surface area contributed by atoms with Crippen LogP contribution in [-0.4, -0.2) is 31.3 Å². The Labute approximate surface area is 76.9 Å². The Hall–Kier alpha value is -0.450. The Morgan fingerprint density at radius 1 is 1.46 bits per heavy atom. The molecule has 0 aromatic heterocycles. The average molecular weight is 211 g/mol. The van der Waals surface area contributed by atoms with Gasteiger partial charge in [-0.05, 0) is 6.42 Å². The van der Waals surface area contributed by atoms with Crippen LogP contribution in [0.25, 0.3) is 0 Å². The van der Waals surface area contributed by atoms with Crippen molar-refractivity contribution >= 4 is 7.60 Å². The van der Waals surface area contributed by atoms with Crippen molar-refractivity contribution < 1.29 is 18.5 Å². The number of rotatable bonds is 6. The van der Waals surface area contributed by atoms with Crippen LogP contribution in [-0.2, 0) is 13.6 Å². The van der Waals surface area contributed by atoms with Crippen molar-refractivity contribution in [2.24, 2.45) is 0 Å². The summed E-state index contributed by atoms with van der Waals surface area (Å²) >= 11 is 0. The summed E-state index contributed by atoms with van der Waals surface area (Å²) in [4.78, 5) is 9.71. The van der Waals surface area contributed by atoms with Crippen LogP contribution >= 0.6 is 7.60 Å². The fourth-order valence-electron chi connectivity index (χ4n) is 0.997. The first-order chi connectivity index (χ1) is 6.00. The number of nitrogens with zero attached hydrogens (tertiary/aromatic N) is 1. The lowest BCUT2D eigenvalue weighted by Gasteiger charge is -2.19. The first-order valence-corrected chi connectivity index (χ1v) is 5.44. The molecule has 0 rings (SSSR count). The molecule has 13 heavy (non-hydrogen) atoms. The van der Waals surface area contributed by atoms with E-state index in [-0.39, 0.29) is 0 Å². The Kier molecular flexibility index (Phi) is 5.13. The topological polar surface area (TPSA) is 78.7 Å². The van der Waals surface area contributed by atoms with E-state index in [1.165, 1.54) is 14.2 Å². The second kappa shape index (κ2) is 5.32. The molecule has 0 aromatic carbocycles. The van der Waals surface area contributed by atoms with Gasteiger partial charge in [0.1, 0.15) is 5.66 Å². The molecule has 0 spiro atoms. The molecule has 0 aliphatic heterocycles. The quantitative estimate of drug-likeness (QED) is 0.378. The monoisotopic (exact) mass is 211 g/mol. The molecule has 0 N–H and O–H groups in total. The van der Waals surface area contributed by atoms with E-state index < -0.39 is 24.7 Å². The molecule has 0 aliphatic rings. The van der Waals surface area contributed by atoms with Gasteiger partial charge in [-0.3, -0.25) is 14.7 Å². The normalized spacial score (nSPS) is 14.1. The fraction of sp³-hybridized carbons (Fsp3) is 1.00. The summed E-state index contributed by atoms with van der Waals surface area (Å²) in [6.45, 7) is 1.31. The molecule has 0 bridgehead atoms. The van der Waals surface area contributed by atoms with E-state index in [1.807, 2.05) is 0 Å². The van der Waals surface area contributed by atoms with Gasteiger partial charge in [0.05, 0.1) is 0 Å². The van der Waals surface area contributed by atoms with Crippen molar-refractivity contribution in [3.8, 4) is 0 Å². The highest BCUT2D eigenvalue weighted by atomic mass is 31.2. The number of nitro groups is 1. The lowest BCUT2D eigenvalue weighted by Crippen LogP contribution is -2.20. The lowest BCUT2D eigenvalue weighted by atomic mass is 10.3. The summed E-state index contributed by atoms with van der Waals surface area (Å²) in [6.07, 6.45) is 0.389. The Balaban J connectivity index is 4.53. The maximum atomic E-state index is 11.7. The second-order valence-corrected chi connectivity index (χ2v) is 5.02. The van der Waals surface area contributed by atoms with Gasteiger partial charge < -0.3 is 9.05 Å². The molecular formula is C6H14NO5P. The van der Waals surface area contributed by atoms with Crippen LogP contribution in [0.1, 0.15) is 13.3 Å². The van der Waals surface area contributed by atoms with Crippen molar-refractivity contribution in [3.05, 3.63) is 10.1 Å². The third-order valence-corrected chi connectivity index (χ3v) is 4.23. The van der Waals surface area contributed by atoms with Crippen molar-refractivity contribution in [1.29, 1.82) is 0 Å². The van der Waals surface area contributed by atoms with Crippen LogP contribution < -0.4 is 0 Å². The van der Waals surface area contributed by atoms with Gasteiger partial charge in [-0.25, -0.2) is 0 Å². The molecule has 0 saturated carbocycles. The SMILES string of the molecule is CCC(C[N+](=O)[O-])P(=O)(OC)OC. The number of hydrogen-bond donors (Lipinski definition) is 0. The zero-order valence-electron chi connectivity index (χ0n) is 7.93. The molecular weight excluding hydrogens is 197 g/mol. The summed E-state index contributed by atoms with van der Waals surface area (Å²) < 4.78 is 21.0. The maximum Gasteiger partial charge on any atom is 0.339 e. The fourth-order valence-corrected chi connectivity index (χ4v) is 2.52. The largest absolute Gasteiger partial charge is 0.339 e. The lowest BCUT2D eigenvalue weighted by molar-refractivity contribution is -0.479. The summed E-state index contributed by atoms with van der Waals surface area (Å²) in [6, 6.07) is 0. The molecule has 0 fully saturated rings. The van der Waals surface area contributed by atoms with E-state index >= 15 is 0 Å². The third kappa shape index (κ3) is 3.42. The van der Waals surface area contributed by atoms with Gasteiger partial charge in [-0.1, -0.05) is 6.92 Å². The van der Waals surface area contributed by atoms with Crippen LogP contribution in [0.5, 0.6) is 0 Å². The molecule has 0 radical (unpaired) electrons. The minimum Gasteiger partial charge on any atom is -0.312 e. The van der Waals surface area contributed by atoms with Gasteiger partial charge >= 0.3 is 7.60 Å². The van der Waals surface area contributed by atoms with E-state index in [1.54, 1.807) is 6.92 Å².